The summed E-state index contributed by atoms with van der Waals surface area (Å²) in [5.41, 5.74) is 13.8. The summed E-state index contributed by atoms with van der Waals surface area (Å²) in [6, 6.07) is 27.1. The molecule has 0 bridgehead atoms. The number of likely N-dealkylation sites (tertiary alicyclic amines) is 1. The third kappa shape index (κ3) is 8.47. The highest BCUT2D eigenvalue weighted by Gasteiger charge is 2.43. The van der Waals surface area contributed by atoms with Crippen LogP contribution in [0, 0.1) is 11.3 Å². The van der Waals surface area contributed by atoms with Crippen LogP contribution in [0.4, 0.5) is 15.3 Å². The Kier molecular flexibility index (Phi) is 12.2. The Bertz CT molecular complexity index is 2810. The van der Waals surface area contributed by atoms with Crippen molar-refractivity contribution in [1.82, 2.24) is 30.4 Å². The molecule has 5 aliphatic rings. The molecule has 5 aromatic rings. The van der Waals surface area contributed by atoms with Crippen LogP contribution in [0.2, 0.25) is 0 Å². The quantitative estimate of drug-likeness (QED) is 0.111. The molecule has 3 aliphatic heterocycles. The molecule has 4 aromatic carbocycles. The van der Waals surface area contributed by atoms with Gasteiger partial charge in [0.1, 0.15) is 23.9 Å². The molecule has 350 valence electrons. The molecule has 0 radical (unpaired) electrons. The number of hydrogen-bond acceptors (Lipinski definition) is 8. The molecule has 10 rings (SSSR count). The Morgan fingerprint density at radius 3 is 2.16 bits per heavy atom. The number of nitrogens with one attached hydrogen (secondary N) is 3. The van der Waals surface area contributed by atoms with Crippen LogP contribution in [0.5, 0.6) is 0 Å². The first-order valence-corrected chi connectivity index (χ1v) is 24.1. The largest absolute Gasteiger partial charge is 0.453 e. The van der Waals surface area contributed by atoms with Gasteiger partial charge in [-0.2, -0.15) is 0 Å². The summed E-state index contributed by atoms with van der Waals surface area (Å²) in [6.07, 6.45) is 14.1. The number of aliphatic imine (C=N–C) groups is 1. The zero-order valence-corrected chi connectivity index (χ0v) is 39.2. The minimum Gasteiger partial charge on any atom is -0.453 e. The number of aromatic nitrogens is 2. The lowest BCUT2D eigenvalue weighted by Gasteiger charge is -2.30. The van der Waals surface area contributed by atoms with E-state index >= 15 is 0 Å². The van der Waals surface area contributed by atoms with E-state index in [4.69, 9.17) is 19.5 Å². The number of amides is 4. The van der Waals surface area contributed by atoms with Gasteiger partial charge in [-0.3, -0.25) is 14.6 Å². The molecule has 4 heterocycles. The van der Waals surface area contributed by atoms with Crippen molar-refractivity contribution in [3.63, 3.8) is 0 Å². The third-order valence-electron chi connectivity index (χ3n) is 15.0. The number of fused-ring (bicyclic) bond motifs is 2. The minimum atomic E-state index is -0.917. The van der Waals surface area contributed by atoms with Crippen molar-refractivity contribution in [3.8, 4) is 33.5 Å². The SMILES string of the molecule is COC(=O)NC(C(=O)N1CCC[C@H]1C1=Nc2ccc(-c3ccc(-c4ccc(-c5cnc([C@@H]6C=CCN6C(=O)[C@H](NC(=O)OC)c6ccccc6)[nH]5)cc4)c4c3CC3(CCCC3)C4)cc2C1)C(C)C. The van der Waals surface area contributed by atoms with Crippen LogP contribution >= 0.6 is 0 Å². The monoisotopic (exact) mass is 913 g/mol. The topological polar surface area (TPSA) is 158 Å². The molecule has 3 N–H and O–H groups in total. The van der Waals surface area contributed by atoms with Gasteiger partial charge in [-0.1, -0.05) is 112 Å². The first-order chi connectivity index (χ1) is 33.0. The van der Waals surface area contributed by atoms with Gasteiger partial charge in [0, 0.05) is 25.2 Å². The highest BCUT2D eigenvalue weighted by Crippen LogP contribution is 2.53. The van der Waals surface area contributed by atoms with E-state index in [1.807, 2.05) is 67.4 Å². The zero-order chi connectivity index (χ0) is 47.1. The first kappa shape index (κ1) is 44.8. The molecule has 2 fully saturated rings. The fourth-order valence-corrected chi connectivity index (χ4v) is 11.5. The van der Waals surface area contributed by atoms with Gasteiger partial charge in [0.2, 0.25) is 5.91 Å². The normalized spacial score (nSPS) is 19.8. The number of carbonyl (C=O) groups excluding carboxylic acids is 4. The van der Waals surface area contributed by atoms with E-state index in [-0.39, 0.29) is 23.8 Å². The highest BCUT2D eigenvalue weighted by molar-refractivity contribution is 6.01. The summed E-state index contributed by atoms with van der Waals surface area (Å²) in [5, 5.41) is 5.48. The lowest BCUT2D eigenvalue weighted by atomic mass is 9.82. The number of ether oxygens (including phenoxy) is 2. The smallest absolute Gasteiger partial charge is 0.407 e. The van der Waals surface area contributed by atoms with Crippen molar-refractivity contribution in [1.29, 1.82) is 0 Å². The predicted molar refractivity (Wildman–Crippen MR) is 261 cm³/mol. The molecule has 13 nitrogen and oxygen atoms in total. The number of carbonyl (C=O) groups is 4. The Morgan fingerprint density at radius 1 is 0.779 bits per heavy atom. The number of alkyl carbamates (subject to hydrolysis) is 2. The second-order valence-corrected chi connectivity index (χ2v) is 19.5. The molecule has 1 spiro atoms. The highest BCUT2D eigenvalue weighted by atomic mass is 16.5. The second kappa shape index (κ2) is 18.6. The summed E-state index contributed by atoms with van der Waals surface area (Å²) in [4.78, 5) is 69.4. The van der Waals surface area contributed by atoms with Gasteiger partial charge < -0.3 is 34.9 Å². The van der Waals surface area contributed by atoms with Crippen molar-refractivity contribution >= 4 is 35.4 Å². The molecule has 1 saturated heterocycles. The van der Waals surface area contributed by atoms with E-state index in [1.165, 1.54) is 78.8 Å². The van der Waals surface area contributed by atoms with Gasteiger partial charge in [0.25, 0.3) is 5.91 Å². The average molecular weight is 914 g/mol. The van der Waals surface area contributed by atoms with Crippen molar-refractivity contribution in [2.75, 3.05) is 27.3 Å². The Labute approximate surface area is 397 Å². The predicted octanol–water partition coefficient (Wildman–Crippen LogP) is 9.61. The Morgan fingerprint density at radius 2 is 1.46 bits per heavy atom. The van der Waals surface area contributed by atoms with Crippen LogP contribution in [0.25, 0.3) is 33.5 Å². The lowest BCUT2D eigenvalue weighted by Crippen LogP contribution is -2.53. The number of H-pyrrole nitrogens is 1. The summed E-state index contributed by atoms with van der Waals surface area (Å²) < 4.78 is 9.70. The molecule has 13 heteroatoms. The number of rotatable bonds is 11. The van der Waals surface area contributed by atoms with Gasteiger partial charge in [-0.05, 0) is 112 Å². The summed E-state index contributed by atoms with van der Waals surface area (Å²) in [5.74, 6) is 0.206. The number of imidazole rings is 1. The summed E-state index contributed by atoms with van der Waals surface area (Å²) >= 11 is 0. The van der Waals surface area contributed by atoms with Crippen molar-refractivity contribution in [2.45, 2.75) is 95.8 Å². The molecule has 2 aliphatic carbocycles. The van der Waals surface area contributed by atoms with Crippen molar-refractivity contribution in [2.24, 2.45) is 16.3 Å². The molecular weight excluding hydrogens is 855 g/mol. The van der Waals surface area contributed by atoms with Crippen molar-refractivity contribution in [3.05, 3.63) is 131 Å². The minimum absolute atomic E-state index is 0.0850. The van der Waals surface area contributed by atoms with Gasteiger partial charge in [0.05, 0.1) is 37.8 Å². The maximum atomic E-state index is 14.0. The maximum absolute atomic E-state index is 14.0. The molecule has 1 unspecified atom stereocenters. The maximum Gasteiger partial charge on any atom is 0.407 e. The Balaban J connectivity index is 0.876. The van der Waals surface area contributed by atoms with Crippen LogP contribution in [0.1, 0.15) is 92.5 Å². The van der Waals surface area contributed by atoms with E-state index in [0.29, 0.717) is 36.3 Å². The molecule has 68 heavy (non-hydrogen) atoms. The second-order valence-electron chi connectivity index (χ2n) is 19.5. The molecule has 1 aromatic heterocycles. The van der Waals surface area contributed by atoms with E-state index < -0.39 is 30.3 Å². The fourth-order valence-electron chi connectivity index (χ4n) is 11.5. The number of nitrogens with zero attached hydrogens (tertiary/aromatic N) is 4. The van der Waals surface area contributed by atoms with E-state index in [1.54, 1.807) is 4.90 Å². The van der Waals surface area contributed by atoms with Crippen LogP contribution in [0.3, 0.4) is 0 Å². The van der Waals surface area contributed by atoms with Crippen LogP contribution in [-0.4, -0.2) is 88.9 Å². The van der Waals surface area contributed by atoms with E-state index in [0.717, 1.165) is 48.3 Å². The first-order valence-electron chi connectivity index (χ1n) is 24.1. The number of hydrogen-bond donors (Lipinski definition) is 3. The number of methoxy groups -OCH3 is 2. The number of aromatic amines is 1. The standard InChI is InChI=1S/C55H59N7O6/c1-33(2)48(59-53(65)67-3)51(63)61-26-10-14-46(61)44-29-38-28-37(20-23-43(38)57-44)40-22-21-39(41-30-55(31-42(40)41)24-8-9-25-55)34-16-18-35(19-17-34)45-32-56-50(58-45)47-15-11-27-62(47)52(64)49(60-54(66)68-4)36-12-6-5-7-13-36/h5-7,11-13,15-23,28,32-33,46-49H,8-10,14,24-27,29-31H2,1-4H3,(H,56,58)(H,59,65)(H,60,66)/t46-,47-,48?,49+/m0/s1. The molecule has 1 saturated carbocycles. The lowest BCUT2D eigenvalue weighted by molar-refractivity contribution is -0.134. The van der Waals surface area contributed by atoms with E-state index in [2.05, 4.69) is 70.2 Å². The van der Waals surface area contributed by atoms with E-state index in [9.17, 15) is 19.2 Å². The van der Waals surface area contributed by atoms with Gasteiger partial charge in [-0.15, -0.1) is 0 Å². The average Bonchev–Trinajstić information content (AvgIpc) is 4.23. The summed E-state index contributed by atoms with van der Waals surface area (Å²) in [6.45, 7) is 4.90. The van der Waals surface area contributed by atoms with Crippen LogP contribution in [0.15, 0.2) is 108 Å². The third-order valence-corrected chi connectivity index (χ3v) is 15.0. The zero-order valence-electron chi connectivity index (χ0n) is 39.2. The van der Waals surface area contributed by atoms with Crippen molar-refractivity contribution < 1.29 is 28.7 Å². The fraction of sp³-hybridized carbons (Fsp3) is 0.382. The van der Waals surface area contributed by atoms with Gasteiger partial charge in [0.15, 0.2) is 0 Å². The Hall–Kier alpha value is -7.02. The van der Waals surface area contributed by atoms with Gasteiger partial charge >= 0.3 is 12.2 Å². The summed E-state index contributed by atoms with van der Waals surface area (Å²) in [7, 11) is 2.60. The molecule has 4 atom stereocenters. The van der Waals surface area contributed by atoms with Gasteiger partial charge in [-0.25, -0.2) is 14.6 Å². The molecular formula is C55H59N7O6. The van der Waals surface area contributed by atoms with Crippen LogP contribution in [-0.2, 0) is 38.3 Å². The number of benzene rings is 4. The molecule has 4 amide bonds. The van der Waals surface area contributed by atoms with Crippen LogP contribution < -0.4 is 10.6 Å².